The Balaban J connectivity index is 0.00000264. The van der Waals surface area contributed by atoms with E-state index in [-0.39, 0.29) is 36.3 Å². The molecule has 1 aromatic carbocycles. The summed E-state index contributed by atoms with van der Waals surface area (Å²) in [5, 5.41) is 14.2. The Hall–Kier alpha value is -0.490. The van der Waals surface area contributed by atoms with Crippen molar-refractivity contribution in [1.29, 1.82) is 0 Å². The molecule has 1 aliphatic rings. The maximum atomic E-state index is 12.3. The zero-order chi connectivity index (χ0) is 16.2. The van der Waals surface area contributed by atoms with Crippen LogP contribution in [0.4, 0.5) is 5.69 Å². The molecule has 1 saturated heterocycles. The third-order valence-corrected chi connectivity index (χ3v) is 5.32. The lowest BCUT2D eigenvalue weighted by atomic mass is 10.3. The summed E-state index contributed by atoms with van der Waals surface area (Å²) in [4.78, 5) is 12.1. The molecule has 1 aliphatic heterocycles. The number of nitrogens with zero attached hydrogens (tertiary/aromatic N) is 2. The van der Waals surface area contributed by atoms with Gasteiger partial charge < -0.3 is 5.32 Å². The van der Waals surface area contributed by atoms with Crippen LogP contribution in [0.1, 0.15) is 0 Å². The number of nitrogens with one attached hydrogen (secondary N) is 2. The van der Waals surface area contributed by atoms with Gasteiger partial charge in [0.2, 0.25) is 10.0 Å². The lowest BCUT2D eigenvalue weighted by Gasteiger charge is -2.27. The monoisotopic (exact) mass is 464 g/mol. The maximum Gasteiger partial charge on any atom is 0.289 e. The molecule has 1 fully saturated rings. The van der Waals surface area contributed by atoms with Crippen molar-refractivity contribution in [3.63, 3.8) is 0 Å². The van der Waals surface area contributed by atoms with Crippen molar-refractivity contribution in [3.05, 3.63) is 32.8 Å². The molecule has 0 amide bonds. The van der Waals surface area contributed by atoms with Crippen LogP contribution in [0.25, 0.3) is 0 Å². The zero-order valence-corrected chi connectivity index (χ0v) is 16.6. The van der Waals surface area contributed by atoms with E-state index < -0.39 is 20.6 Å². The molecule has 0 radical (unpaired) electrons. The normalized spacial score (nSPS) is 15.2. The molecule has 2 N–H and O–H groups in total. The lowest BCUT2D eigenvalue weighted by Crippen LogP contribution is -2.46. The van der Waals surface area contributed by atoms with Crippen LogP contribution in [0.3, 0.4) is 0 Å². The Morgan fingerprint density at radius 1 is 1.29 bits per heavy atom. The fraction of sp³-hybridized carbons (Fsp3) is 0.500. The summed E-state index contributed by atoms with van der Waals surface area (Å²) in [5.74, 6) is 0. The number of rotatable bonds is 6. The number of nitro benzene ring substituents is 1. The summed E-state index contributed by atoms with van der Waals surface area (Å²) < 4.78 is 27.5. The van der Waals surface area contributed by atoms with Gasteiger partial charge in [-0.15, -0.1) is 24.8 Å². The molecule has 12 heteroatoms. The van der Waals surface area contributed by atoms with Gasteiger partial charge in [0.15, 0.2) is 4.90 Å². The summed E-state index contributed by atoms with van der Waals surface area (Å²) >= 11 is 3.14. The summed E-state index contributed by atoms with van der Waals surface area (Å²) in [6.45, 7) is 4.26. The minimum absolute atomic E-state index is 0. The van der Waals surface area contributed by atoms with Gasteiger partial charge in [0, 0.05) is 49.8 Å². The molecule has 1 heterocycles. The molecule has 0 bridgehead atoms. The first kappa shape index (κ1) is 23.5. The second-order valence-corrected chi connectivity index (χ2v) is 7.51. The quantitative estimate of drug-likeness (QED) is 0.485. The van der Waals surface area contributed by atoms with Gasteiger partial charge in [-0.3, -0.25) is 15.0 Å². The number of hydrogen-bond acceptors (Lipinski definition) is 6. The van der Waals surface area contributed by atoms with Crippen molar-refractivity contribution < 1.29 is 13.3 Å². The Morgan fingerprint density at radius 2 is 1.92 bits per heavy atom. The number of sulfonamides is 1. The van der Waals surface area contributed by atoms with Crippen molar-refractivity contribution in [2.24, 2.45) is 0 Å². The number of piperazine rings is 1. The Bertz CT molecular complexity index is 656. The number of nitro groups is 1. The van der Waals surface area contributed by atoms with Crippen molar-refractivity contribution in [2.75, 3.05) is 39.3 Å². The molecule has 0 unspecified atom stereocenters. The van der Waals surface area contributed by atoms with Gasteiger partial charge in [-0.2, -0.15) is 0 Å². The highest BCUT2D eigenvalue weighted by atomic mass is 79.9. The number of halogens is 3. The van der Waals surface area contributed by atoms with E-state index in [1.54, 1.807) is 0 Å². The molecular formula is C12H19BrCl2N4O4S. The summed E-state index contributed by atoms with van der Waals surface area (Å²) in [6, 6.07) is 3.86. The van der Waals surface area contributed by atoms with Crippen LogP contribution in [0.2, 0.25) is 0 Å². The van der Waals surface area contributed by atoms with E-state index in [0.29, 0.717) is 11.0 Å². The fourth-order valence-corrected chi connectivity index (χ4v) is 3.93. The molecular weight excluding hydrogens is 447 g/mol. The fourth-order valence-electron chi connectivity index (χ4n) is 2.20. The largest absolute Gasteiger partial charge is 0.314 e. The van der Waals surface area contributed by atoms with Crippen molar-refractivity contribution in [1.82, 2.24) is 14.9 Å². The van der Waals surface area contributed by atoms with Crippen LogP contribution in [-0.2, 0) is 10.0 Å². The van der Waals surface area contributed by atoms with E-state index in [1.807, 2.05) is 0 Å². The Morgan fingerprint density at radius 3 is 2.50 bits per heavy atom. The van der Waals surface area contributed by atoms with Crippen LogP contribution in [0.5, 0.6) is 0 Å². The van der Waals surface area contributed by atoms with E-state index in [0.717, 1.165) is 26.2 Å². The van der Waals surface area contributed by atoms with Crippen LogP contribution >= 0.6 is 40.7 Å². The highest BCUT2D eigenvalue weighted by Crippen LogP contribution is 2.26. The van der Waals surface area contributed by atoms with Crippen LogP contribution in [0, 0.1) is 10.1 Å². The highest BCUT2D eigenvalue weighted by Gasteiger charge is 2.25. The third kappa shape index (κ3) is 6.43. The first-order chi connectivity index (χ1) is 10.4. The second kappa shape index (κ2) is 10.5. The Labute approximate surface area is 161 Å². The average Bonchev–Trinajstić information content (AvgIpc) is 2.47. The van der Waals surface area contributed by atoms with E-state index in [4.69, 9.17) is 0 Å². The van der Waals surface area contributed by atoms with Gasteiger partial charge >= 0.3 is 0 Å². The average molecular weight is 466 g/mol. The van der Waals surface area contributed by atoms with Gasteiger partial charge in [-0.1, -0.05) is 15.9 Å². The molecule has 0 spiro atoms. The molecule has 1 aromatic rings. The lowest BCUT2D eigenvalue weighted by molar-refractivity contribution is -0.387. The molecule has 0 atom stereocenters. The minimum Gasteiger partial charge on any atom is -0.314 e. The van der Waals surface area contributed by atoms with E-state index in [9.17, 15) is 18.5 Å². The molecule has 0 aliphatic carbocycles. The number of hydrogen-bond donors (Lipinski definition) is 2. The Kier molecular flexibility index (Phi) is 10.3. The van der Waals surface area contributed by atoms with Crippen LogP contribution in [0.15, 0.2) is 27.6 Å². The van der Waals surface area contributed by atoms with Crippen LogP contribution < -0.4 is 10.0 Å². The van der Waals surface area contributed by atoms with E-state index in [2.05, 4.69) is 30.9 Å². The molecule has 8 nitrogen and oxygen atoms in total. The summed E-state index contributed by atoms with van der Waals surface area (Å²) in [7, 11) is -3.92. The van der Waals surface area contributed by atoms with E-state index in [1.165, 1.54) is 18.2 Å². The van der Waals surface area contributed by atoms with Crippen molar-refractivity contribution >= 4 is 56.5 Å². The van der Waals surface area contributed by atoms with Crippen molar-refractivity contribution in [2.45, 2.75) is 4.90 Å². The predicted octanol–water partition coefficient (Wildman–Crippen LogP) is 1.38. The molecule has 2 rings (SSSR count). The maximum absolute atomic E-state index is 12.3. The number of benzene rings is 1. The topological polar surface area (TPSA) is 105 Å². The van der Waals surface area contributed by atoms with Gasteiger partial charge in [-0.25, -0.2) is 13.1 Å². The standard InChI is InChI=1S/C12H17BrN4O4S.2ClH/c13-10-1-2-11(17(18)19)12(9-10)22(20,21)15-5-8-16-6-3-14-4-7-16;;/h1-2,9,14-15H,3-8H2;2*1H. The summed E-state index contributed by atoms with van der Waals surface area (Å²) in [6.07, 6.45) is 0. The smallest absolute Gasteiger partial charge is 0.289 e. The van der Waals surface area contributed by atoms with Crippen molar-refractivity contribution in [3.8, 4) is 0 Å². The van der Waals surface area contributed by atoms with Gasteiger partial charge in [0.1, 0.15) is 0 Å². The summed E-state index contributed by atoms with van der Waals surface area (Å²) in [5.41, 5.74) is -0.433. The molecule has 138 valence electrons. The second-order valence-electron chi connectivity index (χ2n) is 4.86. The predicted molar refractivity (Wildman–Crippen MR) is 99.8 cm³/mol. The third-order valence-electron chi connectivity index (χ3n) is 3.34. The first-order valence-corrected chi connectivity index (χ1v) is 9.04. The van der Waals surface area contributed by atoms with Gasteiger partial charge in [0.25, 0.3) is 5.69 Å². The SMILES string of the molecule is Cl.Cl.O=[N+]([O-])c1ccc(Br)cc1S(=O)(=O)NCCN1CCNCC1. The molecule has 24 heavy (non-hydrogen) atoms. The van der Waals surface area contributed by atoms with E-state index >= 15 is 0 Å². The van der Waals surface area contributed by atoms with Gasteiger partial charge in [0.05, 0.1) is 4.92 Å². The van der Waals surface area contributed by atoms with Gasteiger partial charge in [-0.05, 0) is 12.1 Å². The zero-order valence-electron chi connectivity index (χ0n) is 12.6. The minimum atomic E-state index is -3.92. The molecule has 0 aromatic heterocycles. The van der Waals surface area contributed by atoms with Crippen LogP contribution in [-0.4, -0.2) is 57.5 Å². The highest BCUT2D eigenvalue weighted by molar-refractivity contribution is 9.10. The first-order valence-electron chi connectivity index (χ1n) is 6.77. The molecule has 0 saturated carbocycles.